The van der Waals surface area contributed by atoms with E-state index in [9.17, 15) is 75.0 Å². The summed E-state index contributed by atoms with van der Waals surface area (Å²) in [6.45, 7) is -3.68. The molecule has 0 radical (unpaired) electrons. The summed E-state index contributed by atoms with van der Waals surface area (Å²) >= 11 is 0. The van der Waals surface area contributed by atoms with E-state index in [1.54, 1.807) is 18.2 Å². The molecule has 4 atom stereocenters. The lowest BCUT2D eigenvalue weighted by Crippen LogP contribution is -2.52. The number of carboxylic acids is 3. The summed E-state index contributed by atoms with van der Waals surface area (Å²) in [5.74, 6) is -5.09. The number of fused-ring (bicyclic) bond motifs is 2. The highest BCUT2D eigenvalue weighted by atomic mass is 16.4. The number of carboxylic acid groups (broad SMARTS) is 3. The molecule has 22 heteroatoms. The van der Waals surface area contributed by atoms with Gasteiger partial charge in [-0.15, -0.1) is 0 Å². The van der Waals surface area contributed by atoms with E-state index < -0.39 is 112 Å². The second kappa shape index (κ2) is 26.1. The number of aromatic nitrogens is 1. The lowest BCUT2D eigenvalue weighted by molar-refractivity contribution is -0.147. The molecule has 0 saturated heterocycles. The van der Waals surface area contributed by atoms with Crippen LogP contribution in [0.5, 0.6) is 0 Å². The number of aliphatic hydroxyl groups is 7. The Kier molecular flexibility index (Phi) is 22.6. The van der Waals surface area contributed by atoms with E-state index in [-0.39, 0.29) is 77.8 Å². The lowest BCUT2D eigenvalue weighted by Gasteiger charge is -2.37. The first-order valence-electron chi connectivity index (χ1n) is 18.7. The molecule has 1 aliphatic heterocycles. The monoisotopic (exact) mass is 817 g/mol. The van der Waals surface area contributed by atoms with Crippen LogP contribution in [0.4, 0.5) is 0 Å². The first-order chi connectivity index (χ1) is 27.2. The third-order valence-corrected chi connectivity index (χ3v) is 9.60. The Bertz CT molecular complexity index is 1320. The Morgan fingerprint density at radius 3 is 1.30 bits per heavy atom. The summed E-state index contributed by atoms with van der Waals surface area (Å²) in [6, 6.07) is -1.73. The lowest BCUT2D eigenvalue weighted by atomic mass is 10.1. The molecule has 0 aromatic carbocycles. The van der Waals surface area contributed by atoms with Gasteiger partial charge in [0.05, 0.1) is 69.2 Å². The van der Waals surface area contributed by atoms with Gasteiger partial charge < -0.3 is 61.7 Å². The Balaban J connectivity index is 2.53. The van der Waals surface area contributed by atoms with E-state index in [2.05, 4.69) is 20.9 Å². The van der Waals surface area contributed by atoms with Crippen molar-refractivity contribution in [3.8, 4) is 0 Å². The van der Waals surface area contributed by atoms with E-state index >= 15 is 0 Å². The van der Waals surface area contributed by atoms with Crippen molar-refractivity contribution in [1.29, 1.82) is 0 Å². The van der Waals surface area contributed by atoms with Crippen molar-refractivity contribution in [1.82, 2.24) is 35.6 Å². The van der Waals surface area contributed by atoms with E-state index in [0.717, 1.165) is 0 Å². The minimum absolute atomic E-state index is 0.0819. The summed E-state index contributed by atoms with van der Waals surface area (Å²) in [5, 5.41) is 105. The topological polar surface area (TPSA) is 346 Å². The quantitative estimate of drug-likeness (QED) is 0.0411. The fourth-order valence-electron chi connectivity index (χ4n) is 6.40. The van der Waals surface area contributed by atoms with Gasteiger partial charge in [0.25, 0.3) is 0 Å². The normalized spacial score (nSPS) is 17.0. The third kappa shape index (κ3) is 17.2. The van der Waals surface area contributed by atoms with Crippen molar-refractivity contribution in [2.45, 2.75) is 94.1 Å². The van der Waals surface area contributed by atoms with E-state index in [0.29, 0.717) is 11.4 Å². The summed E-state index contributed by atoms with van der Waals surface area (Å²) in [7, 11) is 0. The predicted octanol–water partition coefficient (Wildman–Crippen LogP) is -5.10. The molecular weight excluding hydrogens is 758 g/mol. The summed E-state index contributed by atoms with van der Waals surface area (Å²) in [5.41, 5.74) is 0.764. The highest BCUT2D eigenvalue weighted by Crippen LogP contribution is 2.19. The molecular formula is C35H59N7O15. The Morgan fingerprint density at radius 2 is 0.930 bits per heavy atom. The van der Waals surface area contributed by atoms with Gasteiger partial charge in [-0.05, 0) is 37.8 Å². The number of aliphatic carboxylic acids is 3. The molecule has 2 amide bonds. The molecule has 324 valence electrons. The van der Waals surface area contributed by atoms with Crippen molar-refractivity contribution < 1.29 is 75.0 Å². The van der Waals surface area contributed by atoms with Crippen molar-refractivity contribution in [3.05, 3.63) is 29.6 Å². The number of hydrogen-bond acceptors (Lipinski definition) is 17. The highest BCUT2D eigenvalue weighted by molar-refractivity contribution is 5.79. The van der Waals surface area contributed by atoms with Crippen LogP contribution in [0.25, 0.3) is 0 Å². The van der Waals surface area contributed by atoms with Gasteiger partial charge in [-0.1, -0.05) is 6.07 Å². The summed E-state index contributed by atoms with van der Waals surface area (Å²) < 4.78 is 0. The maximum absolute atomic E-state index is 12.8. The molecule has 0 fully saturated rings. The molecule has 1 aliphatic rings. The highest BCUT2D eigenvalue weighted by Gasteiger charge is 2.34. The van der Waals surface area contributed by atoms with Crippen LogP contribution < -0.4 is 16.0 Å². The van der Waals surface area contributed by atoms with Gasteiger partial charge in [-0.2, -0.15) is 0 Å². The van der Waals surface area contributed by atoms with Gasteiger partial charge in [0.15, 0.2) is 0 Å². The van der Waals surface area contributed by atoms with Crippen LogP contribution in [0, 0.1) is 0 Å². The summed E-state index contributed by atoms with van der Waals surface area (Å²) in [4.78, 5) is 72.6. The van der Waals surface area contributed by atoms with Crippen LogP contribution in [0.1, 0.15) is 49.9 Å². The largest absolute Gasteiger partial charge is 0.480 e. The Morgan fingerprint density at radius 1 is 0.561 bits per heavy atom. The van der Waals surface area contributed by atoms with Gasteiger partial charge in [-0.25, -0.2) is 0 Å². The van der Waals surface area contributed by atoms with Crippen molar-refractivity contribution in [2.75, 3.05) is 65.8 Å². The zero-order valence-electron chi connectivity index (χ0n) is 31.8. The molecule has 13 N–H and O–H groups in total. The second-order valence-corrected chi connectivity index (χ2v) is 13.8. The zero-order valence-corrected chi connectivity index (χ0v) is 31.8. The number of pyridine rings is 1. The smallest absolute Gasteiger partial charge is 0.320 e. The van der Waals surface area contributed by atoms with E-state index in [1.807, 2.05) is 0 Å². The predicted molar refractivity (Wildman–Crippen MR) is 198 cm³/mol. The number of amides is 2. The minimum atomic E-state index is -1.33. The van der Waals surface area contributed by atoms with Crippen LogP contribution in [0.3, 0.4) is 0 Å². The SMILES string of the molecule is O=C(CCC(C(=O)O)N1CCN(C(CCC(O)NC(CO)CO)C(=O)O)CCN(C(CCC(=O)NC(CO)CO)C(=O)O)Cc2cccc(n2)C1)NC(CO)CO. The molecule has 1 aromatic rings. The molecule has 0 spiro atoms. The first-order valence-corrected chi connectivity index (χ1v) is 18.7. The maximum Gasteiger partial charge on any atom is 0.320 e. The average molecular weight is 818 g/mol. The number of nitrogens with one attached hydrogen (secondary N) is 3. The number of carbonyl (C=O) groups excluding carboxylic acids is 2. The van der Waals surface area contributed by atoms with Gasteiger partial charge in [0.2, 0.25) is 11.8 Å². The third-order valence-electron chi connectivity index (χ3n) is 9.60. The van der Waals surface area contributed by atoms with Crippen LogP contribution in [0.2, 0.25) is 0 Å². The average Bonchev–Trinajstić information content (AvgIpc) is 3.17. The molecule has 2 heterocycles. The van der Waals surface area contributed by atoms with Gasteiger partial charge in [0.1, 0.15) is 24.4 Å². The molecule has 0 aliphatic carbocycles. The van der Waals surface area contributed by atoms with Crippen LogP contribution >= 0.6 is 0 Å². The number of carbonyl (C=O) groups is 5. The number of nitrogens with zero attached hydrogens (tertiary/aromatic N) is 4. The second-order valence-electron chi connectivity index (χ2n) is 13.8. The maximum atomic E-state index is 12.8. The van der Waals surface area contributed by atoms with E-state index in [1.165, 1.54) is 14.7 Å². The molecule has 0 saturated carbocycles. The van der Waals surface area contributed by atoms with Crippen LogP contribution in [-0.4, -0.2) is 209 Å². The van der Waals surface area contributed by atoms with Gasteiger partial charge in [0, 0.05) is 52.1 Å². The van der Waals surface area contributed by atoms with Gasteiger partial charge in [-0.3, -0.25) is 49.0 Å². The fraction of sp³-hybridized carbons (Fsp3) is 0.714. The zero-order chi connectivity index (χ0) is 42.5. The fourth-order valence-corrected chi connectivity index (χ4v) is 6.40. The number of hydrogen-bond donors (Lipinski definition) is 13. The number of aliphatic hydroxyl groups excluding tert-OH is 7. The van der Waals surface area contributed by atoms with Crippen LogP contribution in [0.15, 0.2) is 18.2 Å². The van der Waals surface area contributed by atoms with Crippen molar-refractivity contribution >= 4 is 29.7 Å². The molecule has 2 rings (SSSR count). The summed E-state index contributed by atoms with van der Waals surface area (Å²) in [6.07, 6.45) is -2.66. The van der Waals surface area contributed by atoms with Crippen molar-refractivity contribution in [2.24, 2.45) is 0 Å². The minimum Gasteiger partial charge on any atom is -0.480 e. The molecule has 22 nitrogen and oxygen atoms in total. The molecule has 1 aromatic heterocycles. The molecule has 2 bridgehead atoms. The van der Waals surface area contributed by atoms with Gasteiger partial charge >= 0.3 is 17.9 Å². The Hall–Kier alpha value is -3.94. The molecule has 57 heavy (non-hydrogen) atoms. The Labute approximate surface area is 329 Å². The molecule has 4 unspecified atom stereocenters. The van der Waals surface area contributed by atoms with Crippen molar-refractivity contribution in [3.63, 3.8) is 0 Å². The number of rotatable bonds is 25. The first kappa shape index (κ1) is 49.2. The van der Waals surface area contributed by atoms with Crippen LogP contribution in [-0.2, 0) is 37.1 Å². The van der Waals surface area contributed by atoms with E-state index in [4.69, 9.17) is 0 Å². The standard InChI is InChI=1S/C35H59N7O15/c43-16-24(17-44)37-30(49)7-4-27(33(52)53)40-10-12-41(28(34(54)55)5-8-31(50)38-25(18-45)19-46)14-22-2-1-3-23(36-22)15-42(13-11-40)29(35(56)57)6-9-32(51)39-26(20-47)21-48/h1-3,24-30,37,43-49H,4-21H2,(H,38,50)(H,39,51)(H,52,53)(H,54,55)(H,56,57).